The van der Waals surface area contributed by atoms with Gasteiger partial charge in [-0.1, -0.05) is 24.3 Å². The first-order valence-corrected chi connectivity index (χ1v) is 14.4. The predicted molar refractivity (Wildman–Crippen MR) is 135 cm³/mol. The van der Waals surface area contributed by atoms with Gasteiger partial charge in [-0.2, -0.15) is 13.0 Å². The number of rotatable bonds is 4. The van der Waals surface area contributed by atoms with Crippen LogP contribution in [0.1, 0.15) is 37.8 Å². The molecule has 2 heterocycles. The van der Waals surface area contributed by atoms with Gasteiger partial charge in [0.25, 0.3) is 0 Å². The van der Waals surface area contributed by atoms with E-state index in [-0.39, 0.29) is 16.9 Å². The van der Waals surface area contributed by atoms with Crippen LogP contribution in [0.4, 0.5) is 5.69 Å². The molecule has 194 valence electrons. The molecular formula is C26H25NO8S2. The number of hydrogen-bond acceptors (Lipinski definition) is 7. The quantitative estimate of drug-likeness (QED) is 0.437. The second-order valence-corrected chi connectivity index (χ2v) is 12.5. The molecule has 0 saturated carbocycles. The molecular weight excluding hydrogens is 518 g/mol. The lowest BCUT2D eigenvalue weighted by Crippen LogP contribution is -2.27. The zero-order valence-electron chi connectivity index (χ0n) is 20.3. The molecule has 2 aliphatic heterocycles. The van der Waals surface area contributed by atoms with Crippen LogP contribution >= 0.6 is 0 Å². The maximum atomic E-state index is 12.0. The highest BCUT2D eigenvalue weighted by Crippen LogP contribution is 2.48. The van der Waals surface area contributed by atoms with Gasteiger partial charge in [0.15, 0.2) is 22.1 Å². The minimum Gasteiger partial charge on any atom is -0.744 e. The van der Waals surface area contributed by atoms with Crippen molar-refractivity contribution in [1.29, 1.82) is 0 Å². The number of allylic oxidation sites excluding steroid dienone is 4. The molecule has 9 nitrogen and oxygen atoms in total. The molecule has 1 unspecified atom stereocenters. The monoisotopic (exact) mass is 543 g/mol. The van der Waals surface area contributed by atoms with Crippen LogP contribution in [0.2, 0.25) is 0 Å². The first kappa shape index (κ1) is 25.4. The largest absolute Gasteiger partial charge is 0.744 e. The van der Waals surface area contributed by atoms with E-state index in [4.69, 9.17) is 4.74 Å². The fraction of sp³-hybridized carbons (Fsp3) is 0.269. The Balaban J connectivity index is 1.61. The van der Waals surface area contributed by atoms with Crippen LogP contribution in [-0.2, 0) is 25.7 Å². The molecule has 0 amide bonds. The van der Waals surface area contributed by atoms with Crippen LogP contribution in [0, 0.1) is 5.92 Å². The van der Waals surface area contributed by atoms with E-state index in [1.165, 1.54) is 11.6 Å². The van der Waals surface area contributed by atoms with Gasteiger partial charge in [-0.3, -0.25) is 4.55 Å². The van der Waals surface area contributed by atoms with E-state index in [9.17, 15) is 31.0 Å². The summed E-state index contributed by atoms with van der Waals surface area (Å²) in [6.07, 6.45) is 8.71. The minimum atomic E-state index is -5.26. The normalized spacial score (nSPS) is 20.6. The van der Waals surface area contributed by atoms with E-state index in [1.807, 2.05) is 25.3 Å². The lowest BCUT2D eigenvalue weighted by Gasteiger charge is -2.30. The van der Waals surface area contributed by atoms with Crippen molar-refractivity contribution in [3.8, 4) is 11.5 Å². The maximum Gasteiger partial charge on any atom is 0.302 e. The first-order valence-electron chi connectivity index (χ1n) is 11.5. The smallest absolute Gasteiger partial charge is 0.302 e. The standard InChI is InChI=1S/C26H25NO8S2/c1-26(2)18-8-4-5-9-19(18)27(3)22(26)12-11-15-7-6-10-20-17(15)13-16-14-21(36(29,30)31)23(28)25(24(16)35-20)37(32,33)34/h4-5,8-15H,6-7H2,1-3H3,(H2-,28,29,30,31,32,33,34)/b12-11+. The molecule has 0 radical (unpaired) electrons. The van der Waals surface area contributed by atoms with Gasteiger partial charge in [0.1, 0.15) is 22.9 Å². The van der Waals surface area contributed by atoms with E-state index in [0.29, 0.717) is 24.2 Å². The lowest BCUT2D eigenvalue weighted by atomic mass is 9.80. The molecule has 0 spiro atoms. The van der Waals surface area contributed by atoms with Gasteiger partial charge in [-0.25, -0.2) is 8.42 Å². The molecule has 0 bridgehead atoms. The molecule has 2 aromatic carbocycles. The van der Waals surface area contributed by atoms with E-state index in [0.717, 1.165) is 17.5 Å². The molecule has 11 heteroatoms. The van der Waals surface area contributed by atoms with Gasteiger partial charge in [0, 0.05) is 34.8 Å². The molecule has 2 aromatic rings. The second kappa shape index (κ2) is 8.38. The van der Waals surface area contributed by atoms with Crippen LogP contribution in [-0.4, -0.2) is 48.4 Å². The van der Waals surface area contributed by atoms with Gasteiger partial charge in [0.2, 0.25) is 5.69 Å². The topological polar surface area (TPSA) is 144 Å². The summed E-state index contributed by atoms with van der Waals surface area (Å²) in [5, 5.41) is 10.3. The number of ether oxygens (including phenoxy) is 1. The van der Waals surface area contributed by atoms with Crippen LogP contribution in [0.15, 0.2) is 69.7 Å². The van der Waals surface area contributed by atoms with E-state index < -0.39 is 41.5 Å². The summed E-state index contributed by atoms with van der Waals surface area (Å²) >= 11 is 0. The van der Waals surface area contributed by atoms with Gasteiger partial charge in [-0.15, -0.1) is 0 Å². The van der Waals surface area contributed by atoms with Gasteiger partial charge < -0.3 is 14.4 Å². The number of nitrogens with zero attached hydrogens (tertiary/aromatic N) is 1. The molecule has 0 saturated heterocycles. The number of para-hydroxylation sites is 1. The Labute approximate surface area is 215 Å². The molecule has 0 fully saturated rings. The van der Waals surface area contributed by atoms with Gasteiger partial charge in [-0.05, 0) is 44.9 Å². The molecule has 5 rings (SSSR count). The van der Waals surface area contributed by atoms with Crippen LogP contribution < -0.4 is 4.74 Å². The van der Waals surface area contributed by atoms with Crippen molar-refractivity contribution in [2.45, 2.75) is 41.9 Å². The highest BCUT2D eigenvalue weighted by Gasteiger charge is 2.43. The molecule has 1 atom stereocenters. The number of benzene rings is 2. The average molecular weight is 544 g/mol. The summed E-state index contributed by atoms with van der Waals surface area (Å²) in [7, 11) is -8.38. The summed E-state index contributed by atoms with van der Waals surface area (Å²) in [5.41, 5.74) is 3.78. The summed E-state index contributed by atoms with van der Waals surface area (Å²) in [5.74, 6) is -1.64. The molecule has 3 aliphatic rings. The Hall–Kier alpha value is -3.25. The highest BCUT2D eigenvalue weighted by molar-refractivity contribution is 7.87. The Morgan fingerprint density at radius 2 is 1.89 bits per heavy atom. The zero-order chi connectivity index (χ0) is 26.9. The number of phenols is 1. The SMILES string of the molecule is C[N+]1=C(/C=C/C2CCC=C3Oc4c(cc(S(=O)(=O)[O-])c(O)c4S(=O)(=O)O)C=C32)C(C)(C)c2ccccc21. The van der Waals surface area contributed by atoms with Crippen molar-refractivity contribution in [2.24, 2.45) is 5.92 Å². The molecule has 1 aliphatic carbocycles. The number of aromatic hydroxyl groups is 1. The third kappa shape index (κ3) is 4.11. The third-order valence-electron chi connectivity index (χ3n) is 7.17. The van der Waals surface area contributed by atoms with Crippen molar-refractivity contribution < 1.29 is 40.4 Å². The van der Waals surface area contributed by atoms with E-state index in [2.05, 4.69) is 36.6 Å². The molecule has 0 aromatic heterocycles. The molecule has 2 N–H and O–H groups in total. The van der Waals surface area contributed by atoms with Crippen LogP contribution in [0.3, 0.4) is 0 Å². The van der Waals surface area contributed by atoms with Crippen LogP contribution in [0.5, 0.6) is 11.5 Å². The fourth-order valence-corrected chi connectivity index (χ4v) is 6.81. The summed E-state index contributed by atoms with van der Waals surface area (Å²) in [4.78, 5) is -2.31. The van der Waals surface area contributed by atoms with E-state index in [1.54, 1.807) is 6.08 Å². The van der Waals surface area contributed by atoms with Crippen molar-refractivity contribution in [2.75, 3.05) is 7.05 Å². The zero-order valence-corrected chi connectivity index (χ0v) is 21.9. The Morgan fingerprint density at radius 1 is 1.19 bits per heavy atom. The summed E-state index contributed by atoms with van der Waals surface area (Å²) < 4.78 is 76.8. The summed E-state index contributed by atoms with van der Waals surface area (Å²) in [6.45, 7) is 4.29. The Bertz CT molecular complexity index is 1690. The number of hydrogen-bond donors (Lipinski definition) is 2. The van der Waals surface area contributed by atoms with Crippen molar-refractivity contribution in [3.63, 3.8) is 0 Å². The van der Waals surface area contributed by atoms with Gasteiger partial charge >= 0.3 is 10.1 Å². The maximum absolute atomic E-state index is 12.0. The Kier molecular flexibility index (Phi) is 5.76. The van der Waals surface area contributed by atoms with Crippen LogP contribution in [0.25, 0.3) is 6.08 Å². The summed E-state index contributed by atoms with van der Waals surface area (Å²) in [6, 6.07) is 9.03. The lowest BCUT2D eigenvalue weighted by molar-refractivity contribution is -0.401. The first-order chi connectivity index (χ1) is 17.2. The van der Waals surface area contributed by atoms with E-state index >= 15 is 0 Å². The Morgan fingerprint density at radius 3 is 2.54 bits per heavy atom. The van der Waals surface area contributed by atoms with Crippen molar-refractivity contribution in [3.05, 3.63) is 71.0 Å². The fourth-order valence-electron chi connectivity index (χ4n) is 5.38. The number of fused-ring (bicyclic) bond motifs is 3. The number of phenolic OH excluding ortho intramolecular Hbond substituents is 1. The second-order valence-electron chi connectivity index (χ2n) is 9.80. The molecule has 37 heavy (non-hydrogen) atoms. The highest BCUT2D eigenvalue weighted by atomic mass is 32.2. The van der Waals surface area contributed by atoms with Crippen molar-refractivity contribution >= 4 is 37.7 Å². The van der Waals surface area contributed by atoms with Gasteiger partial charge in [0.05, 0.1) is 10.3 Å². The minimum absolute atomic E-state index is 0.0503. The third-order valence-corrected chi connectivity index (χ3v) is 8.92. The van der Waals surface area contributed by atoms with Crippen molar-refractivity contribution in [1.82, 2.24) is 0 Å². The predicted octanol–water partition coefficient (Wildman–Crippen LogP) is 3.88. The average Bonchev–Trinajstić information content (AvgIpc) is 2.99.